The van der Waals surface area contributed by atoms with Gasteiger partial charge in [0.1, 0.15) is 5.54 Å². The SMILES string of the molecule is N#Cc1ccc(CC(=O)NC2(C(=O)O)CCC2)cc1C1CC1. The first-order valence-electron chi connectivity index (χ1n) is 7.61. The Hall–Kier alpha value is -2.35. The molecule has 2 fully saturated rings. The van der Waals surface area contributed by atoms with Crippen LogP contribution in [0.4, 0.5) is 0 Å². The highest BCUT2D eigenvalue weighted by molar-refractivity contribution is 5.88. The Kier molecular flexibility index (Phi) is 3.61. The summed E-state index contributed by atoms with van der Waals surface area (Å²) in [5.74, 6) is -0.784. The predicted octanol–water partition coefficient (Wildman–Crippen LogP) is 2.10. The first-order chi connectivity index (χ1) is 10.5. The third-order valence-corrected chi connectivity index (χ3v) is 4.61. The van der Waals surface area contributed by atoms with Gasteiger partial charge in [0.2, 0.25) is 5.91 Å². The van der Waals surface area contributed by atoms with Crippen LogP contribution in [0.5, 0.6) is 0 Å². The van der Waals surface area contributed by atoms with Crippen LogP contribution in [-0.2, 0) is 16.0 Å². The molecule has 2 aliphatic carbocycles. The predicted molar refractivity (Wildman–Crippen MR) is 79.2 cm³/mol. The van der Waals surface area contributed by atoms with Crippen molar-refractivity contribution in [2.45, 2.75) is 50.0 Å². The van der Waals surface area contributed by atoms with Crippen molar-refractivity contribution in [3.8, 4) is 6.07 Å². The third-order valence-electron chi connectivity index (χ3n) is 4.61. The number of carboxylic acids is 1. The summed E-state index contributed by atoms with van der Waals surface area (Å²) in [6.07, 6.45) is 4.15. The molecule has 1 aromatic carbocycles. The Morgan fingerprint density at radius 1 is 1.36 bits per heavy atom. The molecule has 0 unspecified atom stereocenters. The molecular weight excluding hydrogens is 280 g/mol. The highest BCUT2D eigenvalue weighted by Crippen LogP contribution is 2.42. The largest absolute Gasteiger partial charge is 0.480 e. The van der Waals surface area contributed by atoms with Crippen LogP contribution < -0.4 is 5.32 Å². The fourth-order valence-corrected chi connectivity index (χ4v) is 2.98. The molecule has 5 heteroatoms. The lowest BCUT2D eigenvalue weighted by Gasteiger charge is -2.38. The summed E-state index contributed by atoms with van der Waals surface area (Å²) in [5, 5.41) is 21.0. The molecule has 22 heavy (non-hydrogen) atoms. The van der Waals surface area contributed by atoms with Gasteiger partial charge in [-0.15, -0.1) is 0 Å². The smallest absolute Gasteiger partial charge is 0.329 e. The molecule has 0 saturated heterocycles. The van der Waals surface area contributed by atoms with Crippen LogP contribution in [-0.4, -0.2) is 22.5 Å². The summed E-state index contributed by atoms with van der Waals surface area (Å²) in [6.45, 7) is 0. The lowest BCUT2D eigenvalue weighted by Crippen LogP contribution is -2.59. The maximum absolute atomic E-state index is 12.1. The summed E-state index contributed by atoms with van der Waals surface area (Å²) in [5.41, 5.74) is 1.46. The topological polar surface area (TPSA) is 90.2 Å². The summed E-state index contributed by atoms with van der Waals surface area (Å²) >= 11 is 0. The highest BCUT2D eigenvalue weighted by atomic mass is 16.4. The van der Waals surface area contributed by atoms with Crippen molar-refractivity contribution in [3.63, 3.8) is 0 Å². The molecule has 1 aromatic rings. The van der Waals surface area contributed by atoms with Crippen LogP contribution >= 0.6 is 0 Å². The standard InChI is InChI=1S/C17H18N2O3/c18-10-13-3-2-11(8-14(13)12-4-5-12)9-15(20)19-17(16(21)22)6-1-7-17/h2-3,8,12H,1,4-7,9H2,(H,19,20)(H,21,22). The van der Waals surface area contributed by atoms with Gasteiger partial charge < -0.3 is 10.4 Å². The first-order valence-corrected chi connectivity index (χ1v) is 7.61. The second kappa shape index (κ2) is 5.45. The Morgan fingerprint density at radius 3 is 2.59 bits per heavy atom. The zero-order valence-electron chi connectivity index (χ0n) is 12.3. The van der Waals surface area contributed by atoms with E-state index < -0.39 is 11.5 Å². The molecule has 2 saturated carbocycles. The third kappa shape index (κ3) is 2.69. The fraction of sp³-hybridized carbons (Fsp3) is 0.471. The van der Waals surface area contributed by atoms with Gasteiger partial charge in [-0.2, -0.15) is 5.26 Å². The number of aliphatic carboxylic acids is 1. The van der Waals surface area contributed by atoms with Crippen LogP contribution in [0, 0.1) is 11.3 Å². The van der Waals surface area contributed by atoms with Crippen LogP contribution in [0.1, 0.15) is 54.7 Å². The zero-order chi connectivity index (χ0) is 15.7. The number of nitrogens with one attached hydrogen (secondary N) is 1. The monoisotopic (exact) mass is 298 g/mol. The minimum atomic E-state index is -1.07. The average molecular weight is 298 g/mol. The second-order valence-electron chi connectivity index (χ2n) is 6.27. The van der Waals surface area contributed by atoms with E-state index in [4.69, 9.17) is 5.26 Å². The van der Waals surface area contributed by atoms with Crippen molar-refractivity contribution in [2.75, 3.05) is 0 Å². The number of hydrogen-bond donors (Lipinski definition) is 2. The molecule has 0 bridgehead atoms. The fourth-order valence-electron chi connectivity index (χ4n) is 2.98. The Labute approximate surface area is 128 Å². The molecular formula is C17H18N2O3. The molecule has 0 heterocycles. The molecule has 0 aromatic heterocycles. The summed E-state index contributed by atoms with van der Waals surface area (Å²) < 4.78 is 0. The molecule has 1 amide bonds. The first kappa shape index (κ1) is 14.6. The number of carbonyl (C=O) groups is 2. The van der Waals surface area contributed by atoms with Gasteiger partial charge >= 0.3 is 5.97 Å². The molecule has 0 spiro atoms. The minimum Gasteiger partial charge on any atom is -0.480 e. The number of carboxylic acid groups (broad SMARTS) is 1. The van der Waals surface area contributed by atoms with Crippen molar-refractivity contribution < 1.29 is 14.7 Å². The Bertz CT molecular complexity index is 667. The lowest BCUT2D eigenvalue weighted by molar-refractivity contribution is -0.151. The van der Waals surface area contributed by atoms with Crippen LogP contribution in [0.3, 0.4) is 0 Å². The van der Waals surface area contributed by atoms with E-state index in [-0.39, 0.29) is 12.3 Å². The summed E-state index contributed by atoms with van der Waals surface area (Å²) in [6, 6.07) is 7.64. The molecule has 0 atom stereocenters. The molecule has 2 aliphatic rings. The summed E-state index contributed by atoms with van der Waals surface area (Å²) in [7, 11) is 0. The van der Waals surface area contributed by atoms with Gasteiger partial charge in [-0.3, -0.25) is 4.79 Å². The second-order valence-corrected chi connectivity index (χ2v) is 6.27. The van der Waals surface area contributed by atoms with Gasteiger partial charge in [0.15, 0.2) is 0 Å². The van der Waals surface area contributed by atoms with Crippen LogP contribution in [0.25, 0.3) is 0 Å². The van der Waals surface area contributed by atoms with Gasteiger partial charge in [0.25, 0.3) is 0 Å². The van der Waals surface area contributed by atoms with E-state index in [1.807, 2.05) is 6.07 Å². The zero-order valence-corrected chi connectivity index (χ0v) is 12.3. The number of rotatable bonds is 5. The van der Waals surface area contributed by atoms with E-state index in [1.54, 1.807) is 12.1 Å². The van der Waals surface area contributed by atoms with Gasteiger partial charge in [-0.05, 0) is 55.2 Å². The van der Waals surface area contributed by atoms with Crippen LogP contribution in [0.15, 0.2) is 18.2 Å². The normalized spacial score (nSPS) is 18.9. The Morgan fingerprint density at radius 2 is 2.09 bits per heavy atom. The number of carbonyl (C=O) groups excluding carboxylic acids is 1. The van der Waals surface area contributed by atoms with Crippen molar-refractivity contribution in [3.05, 3.63) is 34.9 Å². The van der Waals surface area contributed by atoms with E-state index in [1.165, 1.54) is 0 Å². The maximum atomic E-state index is 12.1. The number of hydrogen-bond acceptors (Lipinski definition) is 3. The van der Waals surface area contributed by atoms with Gasteiger partial charge in [0.05, 0.1) is 18.1 Å². The number of amides is 1. The van der Waals surface area contributed by atoms with Crippen molar-refractivity contribution in [1.29, 1.82) is 5.26 Å². The average Bonchev–Trinajstić information content (AvgIpc) is 3.27. The number of benzene rings is 1. The number of nitriles is 1. The van der Waals surface area contributed by atoms with E-state index in [2.05, 4.69) is 11.4 Å². The number of nitrogens with zero attached hydrogens (tertiary/aromatic N) is 1. The van der Waals surface area contributed by atoms with E-state index in [0.717, 1.165) is 30.4 Å². The van der Waals surface area contributed by atoms with Crippen molar-refractivity contribution in [2.24, 2.45) is 0 Å². The van der Waals surface area contributed by atoms with Crippen molar-refractivity contribution in [1.82, 2.24) is 5.32 Å². The molecule has 5 nitrogen and oxygen atoms in total. The molecule has 3 rings (SSSR count). The Balaban J connectivity index is 1.70. The van der Waals surface area contributed by atoms with Gasteiger partial charge in [0, 0.05) is 0 Å². The van der Waals surface area contributed by atoms with Gasteiger partial charge in [-0.25, -0.2) is 4.79 Å². The van der Waals surface area contributed by atoms with E-state index in [0.29, 0.717) is 24.3 Å². The minimum absolute atomic E-state index is 0.153. The maximum Gasteiger partial charge on any atom is 0.329 e. The molecule has 114 valence electrons. The van der Waals surface area contributed by atoms with Crippen molar-refractivity contribution >= 4 is 11.9 Å². The highest BCUT2D eigenvalue weighted by Gasteiger charge is 2.45. The molecule has 0 aliphatic heterocycles. The molecule has 2 N–H and O–H groups in total. The lowest BCUT2D eigenvalue weighted by atomic mass is 9.76. The van der Waals surface area contributed by atoms with E-state index in [9.17, 15) is 14.7 Å². The quantitative estimate of drug-likeness (QED) is 0.871. The van der Waals surface area contributed by atoms with Gasteiger partial charge in [-0.1, -0.05) is 12.1 Å². The summed E-state index contributed by atoms with van der Waals surface area (Å²) in [4.78, 5) is 23.4. The molecule has 0 radical (unpaired) electrons. The van der Waals surface area contributed by atoms with E-state index >= 15 is 0 Å². The van der Waals surface area contributed by atoms with Crippen LogP contribution in [0.2, 0.25) is 0 Å².